The first-order chi connectivity index (χ1) is 14.9. The summed E-state index contributed by atoms with van der Waals surface area (Å²) in [5, 5.41) is 0. The number of halogens is 1. The molecule has 168 valence electrons. The average molecular weight is 457 g/mol. The van der Waals surface area contributed by atoms with E-state index in [-0.39, 0.29) is 42.7 Å². The lowest BCUT2D eigenvalue weighted by Gasteiger charge is -2.25. The molecule has 1 aliphatic carbocycles. The van der Waals surface area contributed by atoms with Gasteiger partial charge in [0.15, 0.2) is 0 Å². The number of benzene rings is 1. The number of amides is 1. The Balaban J connectivity index is 0.00000363. The third-order valence-corrected chi connectivity index (χ3v) is 4.96. The van der Waals surface area contributed by atoms with Crippen molar-refractivity contribution in [3.63, 3.8) is 0 Å². The van der Waals surface area contributed by atoms with Crippen molar-refractivity contribution in [2.24, 2.45) is 0 Å². The molecule has 1 aromatic carbocycles. The van der Waals surface area contributed by atoms with Crippen molar-refractivity contribution in [1.82, 2.24) is 14.5 Å². The molecule has 2 N–H and O–H groups in total. The maximum Gasteiger partial charge on any atom is 0.277 e. The van der Waals surface area contributed by atoms with Gasteiger partial charge in [-0.1, -0.05) is 55.8 Å². The molecule has 1 aromatic heterocycles. The number of carbonyl (C=O) groups is 3. The average Bonchev–Trinajstić information content (AvgIpc) is 2.77. The highest BCUT2D eigenvalue weighted by molar-refractivity contribution is 6.48. The van der Waals surface area contributed by atoms with Crippen LogP contribution in [0.25, 0.3) is 11.4 Å². The molecule has 1 heterocycles. The van der Waals surface area contributed by atoms with Crippen LogP contribution in [0.1, 0.15) is 19.8 Å². The van der Waals surface area contributed by atoms with Crippen molar-refractivity contribution in [3.05, 3.63) is 70.7 Å². The van der Waals surface area contributed by atoms with Crippen molar-refractivity contribution >= 4 is 35.6 Å². The summed E-state index contributed by atoms with van der Waals surface area (Å²) in [6.45, 7) is 2.10. The van der Waals surface area contributed by atoms with E-state index in [9.17, 15) is 19.2 Å². The van der Waals surface area contributed by atoms with Gasteiger partial charge in [0.25, 0.3) is 5.56 Å². The van der Waals surface area contributed by atoms with Gasteiger partial charge < -0.3 is 10.6 Å². The highest BCUT2D eigenvalue weighted by Crippen LogP contribution is 2.16. The number of Topliss-reactive ketones (excluding diaryl/α,β-unsaturated/α-hetero) is 1. The van der Waals surface area contributed by atoms with Crippen LogP contribution < -0.4 is 11.3 Å². The van der Waals surface area contributed by atoms with E-state index < -0.39 is 17.1 Å². The number of carbonyl (C=O) groups excluding carboxylic acids is 3. The summed E-state index contributed by atoms with van der Waals surface area (Å²) in [5.41, 5.74) is 6.11. The molecule has 9 heteroatoms. The van der Waals surface area contributed by atoms with Crippen molar-refractivity contribution in [1.29, 1.82) is 0 Å². The molecule has 0 saturated heterocycles. The molecule has 3 rings (SSSR count). The van der Waals surface area contributed by atoms with E-state index in [0.29, 0.717) is 24.4 Å². The Morgan fingerprint density at radius 1 is 1.16 bits per heavy atom. The van der Waals surface area contributed by atoms with Crippen LogP contribution in [0.2, 0.25) is 0 Å². The second-order valence-corrected chi connectivity index (χ2v) is 7.21. The van der Waals surface area contributed by atoms with Gasteiger partial charge in [-0.15, -0.1) is 12.4 Å². The van der Waals surface area contributed by atoms with Crippen LogP contribution >= 0.6 is 12.4 Å². The van der Waals surface area contributed by atoms with E-state index >= 15 is 0 Å². The number of anilines is 1. The van der Waals surface area contributed by atoms with Gasteiger partial charge in [-0.3, -0.25) is 23.7 Å². The Morgan fingerprint density at radius 3 is 2.56 bits per heavy atom. The predicted octanol–water partition coefficient (Wildman–Crippen LogP) is 2.18. The zero-order valence-corrected chi connectivity index (χ0v) is 18.5. The number of nitrogens with zero attached hydrogens (tertiary/aromatic N) is 3. The van der Waals surface area contributed by atoms with Crippen LogP contribution in [-0.4, -0.2) is 45.0 Å². The van der Waals surface area contributed by atoms with Gasteiger partial charge in [0, 0.05) is 24.2 Å². The van der Waals surface area contributed by atoms with Crippen LogP contribution in [0.15, 0.2) is 65.1 Å². The van der Waals surface area contributed by atoms with Crippen LogP contribution in [-0.2, 0) is 20.9 Å². The van der Waals surface area contributed by atoms with E-state index in [1.807, 2.05) is 25.1 Å². The minimum absolute atomic E-state index is 0. The molecule has 2 aromatic rings. The number of allylic oxidation sites excluding steroid dienone is 3. The highest BCUT2D eigenvalue weighted by atomic mass is 35.5. The maximum atomic E-state index is 13.2. The molecule has 0 spiro atoms. The molecule has 0 fully saturated rings. The van der Waals surface area contributed by atoms with E-state index in [4.69, 9.17) is 5.73 Å². The smallest absolute Gasteiger partial charge is 0.277 e. The van der Waals surface area contributed by atoms with Crippen LogP contribution in [0.4, 0.5) is 5.69 Å². The van der Waals surface area contributed by atoms with Gasteiger partial charge in [0.1, 0.15) is 18.1 Å². The summed E-state index contributed by atoms with van der Waals surface area (Å²) in [7, 11) is 0. The van der Waals surface area contributed by atoms with Gasteiger partial charge >= 0.3 is 0 Å². The lowest BCUT2D eigenvalue weighted by molar-refractivity contribution is -0.133. The predicted molar refractivity (Wildman–Crippen MR) is 124 cm³/mol. The number of hydrogen-bond donors (Lipinski definition) is 1. The first-order valence-corrected chi connectivity index (χ1v) is 10.1. The lowest BCUT2D eigenvalue weighted by atomic mass is 10.0. The molecule has 1 aliphatic rings. The number of rotatable bonds is 8. The summed E-state index contributed by atoms with van der Waals surface area (Å²) >= 11 is 0. The fourth-order valence-electron chi connectivity index (χ4n) is 3.24. The van der Waals surface area contributed by atoms with Crippen molar-refractivity contribution < 1.29 is 14.4 Å². The van der Waals surface area contributed by atoms with E-state index in [1.54, 1.807) is 18.2 Å². The molecule has 0 saturated carbocycles. The Morgan fingerprint density at radius 2 is 1.88 bits per heavy atom. The Kier molecular flexibility index (Phi) is 8.66. The molecule has 0 aliphatic heterocycles. The molecule has 0 bridgehead atoms. The summed E-state index contributed by atoms with van der Waals surface area (Å²) in [4.78, 5) is 55.5. The standard InChI is InChI=1S/C23H24N4O4.ClH/c1-2-3-12-26(14-17-10-7-11-19(28)21(17)30)20(29)15-27-22(16-8-5-4-6-9-16)25-13-18(24)23(27)31;/h4-11,13H,2-3,12,14-15,24H2,1H3;1H. The number of nitrogens with two attached hydrogens (primary N) is 1. The molecule has 32 heavy (non-hydrogen) atoms. The topological polar surface area (TPSA) is 115 Å². The van der Waals surface area contributed by atoms with Gasteiger partial charge in [0.05, 0.1) is 6.20 Å². The fourth-order valence-corrected chi connectivity index (χ4v) is 3.24. The number of ketones is 2. The van der Waals surface area contributed by atoms with Gasteiger partial charge in [-0.25, -0.2) is 4.98 Å². The normalized spacial score (nSPS) is 12.8. The molecular weight excluding hydrogens is 432 g/mol. The minimum atomic E-state index is -0.621. The van der Waals surface area contributed by atoms with Gasteiger partial charge in [-0.2, -0.15) is 0 Å². The maximum absolute atomic E-state index is 13.2. The number of nitrogen functional groups attached to an aromatic ring is 1. The summed E-state index contributed by atoms with van der Waals surface area (Å²) < 4.78 is 1.24. The van der Waals surface area contributed by atoms with Crippen molar-refractivity contribution in [2.75, 3.05) is 18.8 Å². The SMILES string of the molecule is CCCCN(CC1=CC=CC(=O)C1=O)C(=O)Cn1c(-c2ccccc2)ncc(N)c1=O.Cl. The van der Waals surface area contributed by atoms with Gasteiger partial charge in [-0.05, 0) is 12.5 Å². The summed E-state index contributed by atoms with van der Waals surface area (Å²) in [6.07, 6.45) is 7.08. The van der Waals surface area contributed by atoms with Crippen molar-refractivity contribution in [3.8, 4) is 11.4 Å². The number of aromatic nitrogens is 2. The van der Waals surface area contributed by atoms with E-state index in [1.165, 1.54) is 27.8 Å². The zero-order chi connectivity index (χ0) is 22.4. The number of unbranched alkanes of at least 4 members (excludes halogenated alkanes) is 1. The first-order valence-electron chi connectivity index (χ1n) is 10.1. The summed E-state index contributed by atoms with van der Waals surface area (Å²) in [5.74, 6) is -1.27. The molecule has 0 atom stereocenters. The quantitative estimate of drug-likeness (QED) is 0.480. The van der Waals surface area contributed by atoms with Crippen LogP contribution in [0.5, 0.6) is 0 Å². The Bertz CT molecular complexity index is 1120. The Labute approximate surface area is 191 Å². The van der Waals surface area contributed by atoms with Crippen LogP contribution in [0, 0.1) is 0 Å². The fraction of sp³-hybridized carbons (Fsp3) is 0.261. The summed E-state index contributed by atoms with van der Waals surface area (Å²) in [6, 6.07) is 9.03. The van der Waals surface area contributed by atoms with Gasteiger partial charge in [0.2, 0.25) is 17.5 Å². The molecule has 1 amide bonds. The largest absolute Gasteiger partial charge is 0.393 e. The monoisotopic (exact) mass is 456 g/mol. The second-order valence-electron chi connectivity index (χ2n) is 7.21. The van der Waals surface area contributed by atoms with Crippen molar-refractivity contribution in [2.45, 2.75) is 26.3 Å². The third kappa shape index (κ3) is 5.59. The molecular formula is C23H25ClN4O4. The second kappa shape index (κ2) is 11.2. The minimum Gasteiger partial charge on any atom is -0.393 e. The highest BCUT2D eigenvalue weighted by Gasteiger charge is 2.24. The third-order valence-electron chi connectivity index (χ3n) is 4.96. The molecule has 0 unspecified atom stereocenters. The zero-order valence-electron chi connectivity index (χ0n) is 17.7. The first kappa shape index (κ1) is 24.7. The van der Waals surface area contributed by atoms with E-state index in [2.05, 4.69) is 4.98 Å². The van der Waals surface area contributed by atoms with E-state index in [0.717, 1.165) is 6.42 Å². The number of hydrogen-bond acceptors (Lipinski definition) is 6. The Hall–Kier alpha value is -3.52. The van der Waals surface area contributed by atoms with Crippen LogP contribution in [0.3, 0.4) is 0 Å². The lowest BCUT2D eigenvalue weighted by Crippen LogP contribution is -2.40. The molecule has 0 radical (unpaired) electrons. The molecule has 8 nitrogen and oxygen atoms in total.